The number of ether oxygens (including phenoxy) is 2. The van der Waals surface area contributed by atoms with E-state index in [4.69, 9.17) is 14.0 Å². The Labute approximate surface area is 160 Å². The largest absolute Gasteiger partial charge is 0.454 e. The number of urea groups is 1. The van der Waals surface area contributed by atoms with Gasteiger partial charge in [-0.3, -0.25) is 4.98 Å². The highest BCUT2D eigenvalue weighted by Gasteiger charge is 2.34. The van der Waals surface area contributed by atoms with Gasteiger partial charge in [-0.1, -0.05) is 11.2 Å². The van der Waals surface area contributed by atoms with Gasteiger partial charge in [0.15, 0.2) is 11.5 Å². The zero-order chi connectivity index (χ0) is 18.9. The van der Waals surface area contributed by atoms with Crippen LogP contribution >= 0.6 is 0 Å². The number of nitrogens with zero attached hydrogens (tertiary/aromatic N) is 4. The first-order chi connectivity index (χ1) is 13.8. The number of carbonyl (C=O) groups excluding carboxylic acids is 1. The molecule has 0 saturated carbocycles. The van der Waals surface area contributed by atoms with E-state index in [0.29, 0.717) is 41.1 Å². The minimum Gasteiger partial charge on any atom is -0.454 e. The Bertz CT molecular complexity index is 1010. The van der Waals surface area contributed by atoms with E-state index < -0.39 is 0 Å². The van der Waals surface area contributed by atoms with Crippen LogP contribution in [0.2, 0.25) is 0 Å². The van der Waals surface area contributed by atoms with Crippen LogP contribution in [0, 0.1) is 0 Å². The summed E-state index contributed by atoms with van der Waals surface area (Å²) < 4.78 is 16.1. The van der Waals surface area contributed by atoms with Crippen molar-refractivity contribution in [2.75, 3.05) is 18.7 Å². The standard InChI is InChI=1S/C19H17N5O4/c25-19(21-12-6-7-15-16(10-12)27-11-26-15)24-9-3-5-14(24)18-22-17(23-28-18)13-4-1-2-8-20-13/h1-2,4,6-8,10,14H,3,5,9,11H2,(H,21,25)/t14-/m1/s1. The first kappa shape index (κ1) is 16.5. The van der Waals surface area contributed by atoms with Gasteiger partial charge in [-0.25, -0.2) is 4.79 Å². The summed E-state index contributed by atoms with van der Waals surface area (Å²) in [4.78, 5) is 23.2. The minimum atomic E-state index is -0.265. The molecule has 0 aliphatic carbocycles. The van der Waals surface area contributed by atoms with Gasteiger partial charge in [0.25, 0.3) is 0 Å². The minimum absolute atomic E-state index is 0.191. The lowest BCUT2D eigenvalue weighted by molar-refractivity contribution is 0.174. The zero-order valence-corrected chi connectivity index (χ0v) is 14.9. The van der Waals surface area contributed by atoms with Gasteiger partial charge in [-0.15, -0.1) is 0 Å². The molecule has 28 heavy (non-hydrogen) atoms. The normalized spacial score (nSPS) is 17.7. The number of hydrogen-bond donors (Lipinski definition) is 1. The SMILES string of the molecule is O=C(Nc1ccc2c(c1)OCO2)N1CCC[C@@H]1c1nc(-c2ccccn2)no1. The third kappa shape index (κ3) is 3.00. The molecule has 2 aliphatic heterocycles. The molecule has 2 amide bonds. The Kier molecular flexibility index (Phi) is 4.04. The molecule has 1 atom stereocenters. The van der Waals surface area contributed by atoms with Crippen molar-refractivity contribution in [2.45, 2.75) is 18.9 Å². The molecule has 142 valence electrons. The lowest BCUT2D eigenvalue weighted by atomic mass is 10.2. The maximum absolute atomic E-state index is 12.8. The lowest BCUT2D eigenvalue weighted by Crippen LogP contribution is -2.34. The van der Waals surface area contributed by atoms with Crippen LogP contribution in [0.15, 0.2) is 47.1 Å². The van der Waals surface area contributed by atoms with E-state index in [1.54, 1.807) is 29.3 Å². The molecule has 0 radical (unpaired) electrons. The summed E-state index contributed by atoms with van der Waals surface area (Å²) in [6, 6.07) is 10.3. The molecule has 9 nitrogen and oxygen atoms in total. The van der Waals surface area contributed by atoms with Crippen LogP contribution < -0.4 is 14.8 Å². The van der Waals surface area contributed by atoms with Crippen molar-refractivity contribution in [3.05, 3.63) is 48.5 Å². The third-order valence-electron chi connectivity index (χ3n) is 4.76. The number of amides is 2. The second kappa shape index (κ2) is 6.84. The van der Waals surface area contributed by atoms with Gasteiger partial charge in [-0.05, 0) is 37.1 Å². The molecule has 3 aromatic rings. The van der Waals surface area contributed by atoms with Crippen molar-refractivity contribution in [2.24, 2.45) is 0 Å². The Morgan fingerprint density at radius 1 is 1.18 bits per heavy atom. The van der Waals surface area contributed by atoms with Crippen LogP contribution in [-0.4, -0.2) is 39.4 Å². The van der Waals surface area contributed by atoms with Crippen LogP contribution in [0.5, 0.6) is 11.5 Å². The number of pyridine rings is 1. The first-order valence-electron chi connectivity index (χ1n) is 9.00. The molecule has 1 saturated heterocycles. The number of aromatic nitrogens is 3. The average Bonchev–Trinajstić information content (AvgIpc) is 3.47. The zero-order valence-electron chi connectivity index (χ0n) is 14.9. The van der Waals surface area contributed by atoms with E-state index in [2.05, 4.69) is 20.4 Å². The second-order valence-corrected chi connectivity index (χ2v) is 6.52. The highest BCUT2D eigenvalue weighted by atomic mass is 16.7. The summed E-state index contributed by atoms with van der Waals surface area (Å²) >= 11 is 0. The smallest absolute Gasteiger partial charge is 0.322 e. The topological polar surface area (TPSA) is 103 Å². The fourth-order valence-corrected chi connectivity index (χ4v) is 3.41. The molecule has 1 aromatic carbocycles. The average molecular weight is 379 g/mol. The highest BCUT2D eigenvalue weighted by molar-refractivity contribution is 5.90. The van der Waals surface area contributed by atoms with E-state index >= 15 is 0 Å². The lowest BCUT2D eigenvalue weighted by Gasteiger charge is -2.22. The van der Waals surface area contributed by atoms with Gasteiger partial charge >= 0.3 is 6.03 Å². The van der Waals surface area contributed by atoms with E-state index in [1.165, 1.54) is 0 Å². The summed E-state index contributed by atoms with van der Waals surface area (Å²) in [5.41, 5.74) is 1.27. The summed E-state index contributed by atoms with van der Waals surface area (Å²) in [5, 5.41) is 6.91. The van der Waals surface area contributed by atoms with Gasteiger partial charge in [0, 0.05) is 24.5 Å². The Balaban J connectivity index is 1.33. The fraction of sp³-hybridized carbons (Fsp3) is 0.263. The van der Waals surface area contributed by atoms with Crippen molar-refractivity contribution in [3.63, 3.8) is 0 Å². The number of anilines is 1. The molecular weight excluding hydrogens is 362 g/mol. The van der Waals surface area contributed by atoms with E-state index in [-0.39, 0.29) is 18.9 Å². The summed E-state index contributed by atoms with van der Waals surface area (Å²) in [6.07, 6.45) is 3.30. The number of nitrogens with one attached hydrogen (secondary N) is 1. The van der Waals surface area contributed by atoms with E-state index in [9.17, 15) is 4.79 Å². The number of hydrogen-bond acceptors (Lipinski definition) is 7. The van der Waals surface area contributed by atoms with Crippen LogP contribution in [0.1, 0.15) is 24.8 Å². The van der Waals surface area contributed by atoms with Crippen molar-refractivity contribution < 1.29 is 18.8 Å². The highest BCUT2D eigenvalue weighted by Crippen LogP contribution is 2.35. The Morgan fingerprint density at radius 2 is 2.11 bits per heavy atom. The molecule has 2 aromatic heterocycles. The van der Waals surface area contributed by atoms with Gasteiger partial charge in [0.1, 0.15) is 11.7 Å². The second-order valence-electron chi connectivity index (χ2n) is 6.52. The molecular formula is C19H17N5O4. The number of likely N-dealkylation sites (tertiary alicyclic amines) is 1. The van der Waals surface area contributed by atoms with Crippen molar-refractivity contribution in [1.82, 2.24) is 20.0 Å². The monoisotopic (exact) mass is 379 g/mol. The van der Waals surface area contributed by atoms with Crippen LogP contribution in [0.25, 0.3) is 11.5 Å². The van der Waals surface area contributed by atoms with Gasteiger partial charge < -0.3 is 24.2 Å². The molecule has 0 unspecified atom stereocenters. The van der Waals surface area contributed by atoms with Crippen LogP contribution in [0.4, 0.5) is 10.5 Å². The number of rotatable bonds is 3. The molecule has 0 spiro atoms. The molecule has 1 fully saturated rings. The molecule has 4 heterocycles. The number of carbonyl (C=O) groups is 1. The number of fused-ring (bicyclic) bond motifs is 1. The predicted octanol–water partition coefficient (Wildman–Crippen LogP) is 3.23. The molecule has 2 aliphatic rings. The summed E-state index contributed by atoms with van der Waals surface area (Å²) in [7, 11) is 0. The molecule has 1 N–H and O–H groups in total. The summed E-state index contributed by atoms with van der Waals surface area (Å²) in [5.74, 6) is 2.12. The Hall–Kier alpha value is -3.62. The van der Waals surface area contributed by atoms with E-state index in [0.717, 1.165) is 12.8 Å². The molecule has 0 bridgehead atoms. The fourth-order valence-electron chi connectivity index (χ4n) is 3.41. The number of benzene rings is 1. The van der Waals surface area contributed by atoms with Crippen LogP contribution in [-0.2, 0) is 0 Å². The van der Waals surface area contributed by atoms with Crippen molar-refractivity contribution in [3.8, 4) is 23.0 Å². The van der Waals surface area contributed by atoms with Crippen LogP contribution in [0.3, 0.4) is 0 Å². The third-order valence-corrected chi connectivity index (χ3v) is 4.76. The Morgan fingerprint density at radius 3 is 3.00 bits per heavy atom. The van der Waals surface area contributed by atoms with Gasteiger partial charge in [0.05, 0.1) is 0 Å². The predicted molar refractivity (Wildman–Crippen MR) is 97.8 cm³/mol. The van der Waals surface area contributed by atoms with Crippen molar-refractivity contribution in [1.29, 1.82) is 0 Å². The molecule has 5 rings (SSSR count). The first-order valence-corrected chi connectivity index (χ1v) is 9.00. The van der Waals surface area contributed by atoms with E-state index in [1.807, 2.05) is 18.2 Å². The maximum atomic E-state index is 12.8. The molecule has 9 heteroatoms. The maximum Gasteiger partial charge on any atom is 0.322 e. The summed E-state index contributed by atoms with van der Waals surface area (Å²) in [6.45, 7) is 0.805. The van der Waals surface area contributed by atoms with Gasteiger partial charge in [-0.2, -0.15) is 4.98 Å². The van der Waals surface area contributed by atoms with Gasteiger partial charge in [0.2, 0.25) is 18.5 Å². The quantitative estimate of drug-likeness (QED) is 0.745. The van der Waals surface area contributed by atoms with Crippen molar-refractivity contribution >= 4 is 11.7 Å².